The lowest BCUT2D eigenvalue weighted by Crippen LogP contribution is -2.32. The van der Waals surface area contributed by atoms with Crippen LogP contribution in [0.1, 0.15) is 18.2 Å². The lowest BCUT2D eigenvalue weighted by atomic mass is 10.1. The average molecular weight is 344 g/mol. The topological polar surface area (TPSA) is 36.0 Å². The van der Waals surface area contributed by atoms with Gasteiger partial charge < -0.3 is 4.74 Å². The summed E-state index contributed by atoms with van der Waals surface area (Å²) in [5.74, 6) is 0.786. The number of carbonyl (C=O) groups excluding carboxylic acids is 1. The fourth-order valence-electron chi connectivity index (χ4n) is 3.43. The van der Waals surface area contributed by atoms with E-state index in [0.717, 1.165) is 36.5 Å². The van der Waals surface area contributed by atoms with E-state index in [-0.39, 0.29) is 12.2 Å². The van der Waals surface area contributed by atoms with Crippen LogP contribution >= 0.6 is 11.6 Å². The Labute approximate surface area is 145 Å². The summed E-state index contributed by atoms with van der Waals surface area (Å²) in [5, 5.41) is 4.62. The number of benzene rings is 2. The highest BCUT2D eigenvalue weighted by Gasteiger charge is 2.47. The first kappa shape index (κ1) is 15.3. The van der Waals surface area contributed by atoms with E-state index in [1.165, 1.54) is 0 Å². The summed E-state index contributed by atoms with van der Waals surface area (Å²) < 4.78 is 5.36. The lowest BCUT2D eigenvalue weighted by molar-refractivity contribution is 0.0727. The number of rotatable bonds is 3. The van der Waals surface area contributed by atoms with Gasteiger partial charge in [0.05, 0.1) is 7.11 Å². The molecule has 2 aromatic carbocycles. The molecule has 2 saturated heterocycles. The minimum absolute atomic E-state index is 0.00245. The second-order valence-electron chi connectivity index (χ2n) is 5.92. The third kappa shape index (κ3) is 2.41. The molecule has 2 amide bonds. The van der Waals surface area contributed by atoms with E-state index in [0.29, 0.717) is 5.02 Å². The molecule has 0 spiro atoms. The monoisotopic (exact) mass is 343 g/mol. The number of hydrogen-bond donors (Lipinski definition) is 0. The van der Waals surface area contributed by atoms with Gasteiger partial charge in [0.25, 0.3) is 0 Å². The summed E-state index contributed by atoms with van der Waals surface area (Å²) in [6.45, 7) is 1.61. The van der Waals surface area contributed by atoms with Crippen LogP contribution in [0.5, 0.6) is 5.75 Å². The molecule has 0 bridgehead atoms. The van der Waals surface area contributed by atoms with Gasteiger partial charge in [0.1, 0.15) is 11.9 Å². The van der Waals surface area contributed by atoms with Crippen LogP contribution in [0.25, 0.3) is 0 Å². The van der Waals surface area contributed by atoms with Crippen molar-refractivity contribution < 1.29 is 9.53 Å². The van der Waals surface area contributed by atoms with Crippen molar-refractivity contribution in [1.29, 1.82) is 0 Å². The molecular formula is C18H18ClN3O2. The molecule has 2 aliphatic heterocycles. The van der Waals surface area contributed by atoms with Gasteiger partial charge in [0.15, 0.2) is 0 Å². The molecule has 0 N–H and O–H groups in total. The molecule has 0 aliphatic carbocycles. The zero-order valence-electron chi connectivity index (χ0n) is 13.4. The lowest BCUT2D eigenvalue weighted by Gasteiger charge is -2.28. The molecule has 2 fully saturated rings. The largest absolute Gasteiger partial charge is 0.497 e. The normalized spacial score (nSPS) is 20.6. The van der Waals surface area contributed by atoms with Gasteiger partial charge in [-0.2, -0.15) is 5.01 Å². The predicted octanol–water partition coefficient (Wildman–Crippen LogP) is 3.91. The smallest absolute Gasteiger partial charge is 0.340 e. The van der Waals surface area contributed by atoms with E-state index in [1.54, 1.807) is 7.11 Å². The van der Waals surface area contributed by atoms with Gasteiger partial charge in [-0.05, 0) is 48.4 Å². The first-order chi connectivity index (χ1) is 11.7. The summed E-state index contributed by atoms with van der Waals surface area (Å²) in [7, 11) is 1.65. The minimum atomic E-state index is -0.170. The molecule has 4 rings (SSSR count). The maximum atomic E-state index is 13.0. The summed E-state index contributed by atoms with van der Waals surface area (Å²) >= 11 is 6.00. The maximum absolute atomic E-state index is 13.0. The molecular weight excluding hydrogens is 326 g/mol. The zero-order valence-corrected chi connectivity index (χ0v) is 14.1. The highest BCUT2D eigenvalue weighted by Crippen LogP contribution is 2.41. The number of hydrogen-bond acceptors (Lipinski definition) is 3. The number of methoxy groups -OCH3 is 1. The molecule has 2 heterocycles. The molecule has 0 unspecified atom stereocenters. The molecule has 24 heavy (non-hydrogen) atoms. The second-order valence-corrected chi connectivity index (χ2v) is 6.36. The van der Waals surface area contributed by atoms with Gasteiger partial charge in [0.2, 0.25) is 0 Å². The molecule has 5 nitrogen and oxygen atoms in total. The van der Waals surface area contributed by atoms with Gasteiger partial charge in [-0.15, -0.1) is 0 Å². The number of ether oxygens (including phenoxy) is 1. The highest BCUT2D eigenvalue weighted by molar-refractivity contribution is 6.30. The molecule has 2 aliphatic rings. The summed E-state index contributed by atoms with van der Waals surface area (Å²) in [5.41, 5.74) is 1.87. The van der Waals surface area contributed by atoms with Crippen LogP contribution < -0.4 is 9.64 Å². The van der Waals surface area contributed by atoms with E-state index >= 15 is 0 Å². The Morgan fingerprint density at radius 2 is 1.92 bits per heavy atom. The van der Waals surface area contributed by atoms with Gasteiger partial charge in [-0.25, -0.2) is 4.79 Å². The summed E-state index contributed by atoms with van der Waals surface area (Å²) in [6.07, 6.45) is 0.817. The van der Waals surface area contributed by atoms with Gasteiger partial charge in [0, 0.05) is 23.8 Å². The molecule has 6 heteroatoms. The Balaban J connectivity index is 1.80. The van der Waals surface area contributed by atoms with Crippen LogP contribution in [0.2, 0.25) is 5.02 Å². The molecule has 0 saturated carbocycles. The summed E-state index contributed by atoms with van der Waals surface area (Å²) in [4.78, 5) is 14.8. The molecule has 0 aromatic heterocycles. The average Bonchev–Trinajstić information content (AvgIpc) is 3.18. The van der Waals surface area contributed by atoms with Crippen LogP contribution in [-0.4, -0.2) is 36.2 Å². The van der Waals surface area contributed by atoms with Crippen molar-refractivity contribution in [2.24, 2.45) is 0 Å². The van der Waals surface area contributed by atoms with E-state index in [1.807, 2.05) is 58.4 Å². The predicted molar refractivity (Wildman–Crippen MR) is 93.1 cm³/mol. The standard InChI is InChI=1S/C18H18ClN3O2/c1-24-16-5-2-4-13(12-16)17-20-10-3-11-21(20)18(23)22(17)15-8-6-14(19)7-9-15/h2,4-9,12,17H,3,10-11H2,1H3/t17-/m0/s1. The van der Waals surface area contributed by atoms with Crippen molar-refractivity contribution in [1.82, 2.24) is 10.0 Å². The van der Waals surface area contributed by atoms with Crippen LogP contribution in [0.3, 0.4) is 0 Å². The fourth-order valence-corrected chi connectivity index (χ4v) is 3.56. The number of carbonyl (C=O) groups is 1. The van der Waals surface area contributed by atoms with Crippen LogP contribution in [-0.2, 0) is 0 Å². The van der Waals surface area contributed by atoms with Crippen LogP contribution in [0, 0.1) is 0 Å². The second kappa shape index (κ2) is 6.00. The molecule has 124 valence electrons. The zero-order chi connectivity index (χ0) is 16.7. The van der Waals surface area contributed by atoms with Crippen molar-refractivity contribution in [3.63, 3.8) is 0 Å². The third-order valence-corrected chi connectivity index (χ3v) is 4.77. The quantitative estimate of drug-likeness (QED) is 0.847. The van der Waals surface area contributed by atoms with E-state index in [9.17, 15) is 4.79 Å². The van der Waals surface area contributed by atoms with Crippen molar-refractivity contribution in [3.05, 3.63) is 59.1 Å². The minimum Gasteiger partial charge on any atom is -0.497 e. The van der Waals surface area contributed by atoms with Gasteiger partial charge >= 0.3 is 6.03 Å². The van der Waals surface area contributed by atoms with E-state index < -0.39 is 0 Å². The fraction of sp³-hybridized carbons (Fsp3) is 0.278. The molecule has 2 aromatic rings. The van der Waals surface area contributed by atoms with Crippen molar-refractivity contribution >= 4 is 23.3 Å². The highest BCUT2D eigenvalue weighted by atomic mass is 35.5. The molecule has 1 atom stereocenters. The van der Waals surface area contributed by atoms with Crippen molar-refractivity contribution in [2.75, 3.05) is 25.1 Å². The Kier molecular flexibility index (Phi) is 3.82. The SMILES string of the molecule is COc1cccc([C@@H]2N(c3ccc(Cl)cc3)C(=O)N3CCCN23)c1. The number of urea groups is 1. The Hall–Kier alpha value is -2.24. The number of hydrazine groups is 1. The van der Waals surface area contributed by atoms with Crippen molar-refractivity contribution in [2.45, 2.75) is 12.6 Å². The molecule has 0 radical (unpaired) electrons. The first-order valence-electron chi connectivity index (χ1n) is 7.96. The Morgan fingerprint density at radius 1 is 1.12 bits per heavy atom. The number of nitrogens with zero attached hydrogens (tertiary/aromatic N) is 3. The maximum Gasteiger partial charge on any atom is 0.340 e. The van der Waals surface area contributed by atoms with Crippen LogP contribution in [0.15, 0.2) is 48.5 Å². The summed E-state index contributed by atoms with van der Waals surface area (Å²) in [6, 6.07) is 15.3. The van der Waals surface area contributed by atoms with E-state index in [2.05, 4.69) is 5.01 Å². The Bertz CT molecular complexity index is 765. The number of fused-ring (bicyclic) bond motifs is 1. The van der Waals surface area contributed by atoms with E-state index in [4.69, 9.17) is 16.3 Å². The Morgan fingerprint density at radius 3 is 2.67 bits per heavy atom. The van der Waals surface area contributed by atoms with Crippen molar-refractivity contribution in [3.8, 4) is 5.75 Å². The number of amides is 2. The third-order valence-electron chi connectivity index (χ3n) is 4.52. The number of halogens is 1. The van der Waals surface area contributed by atoms with Gasteiger partial charge in [-0.3, -0.25) is 9.91 Å². The van der Waals surface area contributed by atoms with Gasteiger partial charge in [-0.1, -0.05) is 23.7 Å². The number of anilines is 1. The van der Waals surface area contributed by atoms with Crippen LogP contribution in [0.4, 0.5) is 10.5 Å². The first-order valence-corrected chi connectivity index (χ1v) is 8.33.